The summed E-state index contributed by atoms with van der Waals surface area (Å²) in [5.74, 6) is -0.113. The molecule has 0 saturated carbocycles. The Morgan fingerprint density at radius 2 is 1.84 bits per heavy atom. The molecule has 25 heavy (non-hydrogen) atoms. The molecule has 2 aromatic carbocycles. The Labute approximate surface area is 150 Å². The molecule has 2 aliphatic rings. The zero-order valence-electron chi connectivity index (χ0n) is 13.6. The van der Waals surface area contributed by atoms with Crippen LogP contribution in [0, 0.1) is 0 Å². The average molecular weight is 354 g/mol. The summed E-state index contributed by atoms with van der Waals surface area (Å²) in [5.41, 5.74) is 2.94. The summed E-state index contributed by atoms with van der Waals surface area (Å²) in [4.78, 5) is 28.7. The fourth-order valence-electron chi connectivity index (χ4n) is 3.32. The number of benzene rings is 2. The van der Waals surface area contributed by atoms with Crippen molar-refractivity contribution in [3.63, 3.8) is 0 Å². The number of amides is 3. The first-order valence-corrected chi connectivity index (χ1v) is 8.33. The van der Waals surface area contributed by atoms with Gasteiger partial charge in [-0.3, -0.25) is 9.69 Å². The SMILES string of the molecule is CN1C(=O)N[C@@H](c2ccccc2)C2=C1CN(c1cccc(Cl)c1)C2=O. The van der Waals surface area contributed by atoms with Crippen LogP contribution in [0.1, 0.15) is 11.6 Å². The third-order valence-corrected chi connectivity index (χ3v) is 4.85. The van der Waals surface area contributed by atoms with Gasteiger partial charge in [0, 0.05) is 17.8 Å². The Hall–Kier alpha value is -2.79. The average Bonchev–Trinajstić information content (AvgIpc) is 2.97. The van der Waals surface area contributed by atoms with Gasteiger partial charge in [0.25, 0.3) is 5.91 Å². The zero-order chi connectivity index (χ0) is 17.6. The molecule has 0 fully saturated rings. The van der Waals surface area contributed by atoms with Crippen LogP contribution in [-0.2, 0) is 4.79 Å². The van der Waals surface area contributed by atoms with Crippen molar-refractivity contribution in [1.82, 2.24) is 10.2 Å². The van der Waals surface area contributed by atoms with Crippen molar-refractivity contribution in [3.8, 4) is 0 Å². The van der Waals surface area contributed by atoms with Gasteiger partial charge in [0.1, 0.15) is 0 Å². The van der Waals surface area contributed by atoms with Crippen LogP contribution in [0.15, 0.2) is 65.9 Å². The number of nitrogens with one attached hydrogen (secondary N) is 1. The topological polar surface area (TPSA) is 52.7 Å². The highest BCUT2D eigenvalue weighted by atomic mass is 35.5. The van der Waals surface area contributed by atoms with Crippen molar-refractivity contribution in [2.75, 3.05) is 18.5 Å². The highest BCUT2D eigenvalue weighted by Gasteiger charge is 2.43. The Morgan fingerprint density at radius 1 is 1.08 bits per heavy atom. The Morgan fingerprint density at radius 3 is 2.56 bits per heavy atom. The molecule has 0 saturated heterocycles. The number of halogens is 1. The molecule has 0 bridgehead atoms. The summed E-state index contributed by atoms with van der Waals surface area (Å²) in [7, 11) is 1.68. The van der Waals surface area contributed by atoms with Gasteiger partial charge in [-0.05, 0) is 23.8 Å². The van der Waals surface area contributed by atoms with Crippen LogP contribution in [0.5, 0.6) is 0 Å². The van der Waals surface area contributed by atoms with Crippen molar-refractivity contribution >= 4 is 29.2 Å². The van der Waals surface area contributed by atoms with Crippen LogP contribution in [0.3, 0.4) is 0 Å². The predicted octanol–water partition coefficient (Wildman–Crippen LogP) is 3.34. The molecule has 1 N–H and O–H groups in total. The van der Waals surface area contributed by atoms with Crippen molar-refractivity contribution < 1.29 is 9.59 Å². The van der Waals surface area contributed by atoms with Crippen molar-refractivity contribution in [2.24, 2.45) is 0 Å². The van der Waals surface area contributed by atoms with Gasteiger partial charge in [-0.15, -0.1) is 0 Å². The maximum atomic E-state index is 13.1. The molecular weight excluding hydrogens is 338 g/mol. The first-order chi connectivity index (χ1) is 12.1. The van der Waals surface area contributed by atoms with Crippen LogP contribution in [0.25, 0.3) is 0 Å². The second-order valence-corrected chi connectivity index (χ2v) is 6.52. The van der Waals surface area contributed by atoms with E-state index in [4.69, 9.17) is 11.6 Å². The number of hydrogen-bond donors (Lipinski definition) is 1. The smallest absolute Gasteiger partial charge is 0.322 e. The lowest BCUT2D eigenvalue weighted by atomic mass is 9.96. The molecule has 0 spiro atoms. The van der Waals surface area contributed by atoms with E-state index in [1.807, 2.05) is 42.5 Å². The van der Waals surface area contributed by atoms with E-state index in [0.717, 1.165) is 16.9 Å². The van der Waals surface area contributed by atoms with Crippen LogP contribution in [0.2, 0.25) is 5.02 Å². The van der Waals surface area contributed by atoms with Crippen LogP contribution in [-0.4, -0.2) is 30.4 Å². The van der Waals surface area contributed by atoms with E-state index in [9.17, 15) is 9.59 Å². The van der Waals surface area contributed by atoms with E-state index in [-0.39, 0.29) is 11.9 Å². The number of likely N-dealkylation sites (N-methyl/N-ethyl adjacent to an activating group) is 1. The molecule has 2 aromatic rings. The second kappa shape index (κ2) is 5.93. The van der Waals surface area contributed by atoms with Gasteiger partial charge in [-0.25, -0.2) is 4.79 Å². The summed E-state index contributed by atoms with van der Waals surface area (Å²) in [6.07, 6.45) is 0. The van der Waals surface area contributed by atoms with E-state index >= 15 is 0 Å². The molecule has 1 atom stereocenters. The normalized spacial score (nSPS) is 20.0. The van der Waals surface area contributed by atoms with E-state index < -0.39 is 6.04 Å². The number of carbonyl (C=O) groups excluding carboxylic acids is 2. The maximum absolute atomic E-state index is 13.1. The number of hydrogen-bond acceptors (Lipinski definition) is 2. The van der Waals surface area contributed by atoms with E-state index in [0.29, 0.717) is 17.1 Å². The largest absolute Gasteiger partial charge is 0.327 e. The minimum Gasteiger partial charge on any atom is -0.327 e. The number of urea groups is 1. The van der Waals surface area contributed by atoms with Gasteiger partial charge in [-0.2, -0.15) is 0 Å². The summed E-state index contributed by atoms with van der Waals surface area (Å²) in [6.45, 7) is 0.349. The van der Waals surface area contributed by atoms with Gasteiger partial charge in [-0.1, -0.05) is 48.0 Å². The number of nitrogens with zero attached hydrogens (tertiary/aromatic N) is 2. The van der Waals surface area contributed by atoms with Gasteiger partial charge >= 0.3 is 6.03 Å². The Kier molecular flexibility index (Phi) is 3.73. The van der Waals surface area contributed by atoms with E-state index in [2.05, 4.69) is 5.32 Å². The van der Waals surface area contributed by atoms with Crippen molar-refractivity contribution in [1.29, 1.82) is 0 Å². The first kappa shape index (κ1) is 15.7. The van der Waals surface area contributed by atoms with E-state index in [1.165, 1.54) is 4.90 Å². The predicted molar refractivity (Wildman–Crippen MR) is 96.3 cm³/mol. The molecule has 0 aliphatic carbocycles. The molecule has 3 amide bonds. The zero-order valence-corrected chi connectivity index (χ0v) is 14.3. The van der Waals surface area contributed by atoms with E-state index in [1.54, 1.807) is 24.1 Å². The molecule has 126 valence electrons. The molecule has 6 heteroatoms. The van der Waals surface area contributed by atoms with Gasteiger partial charge in [0.05, 0.1) is 23.9 Å². The minimum absolute atomic E-state index is 0.113. The molecule has 4 rings (SSSR count). The molecule has 0 aromatic heterocycles. The summed E-state index contributed by atoms with van der Waals surface area (Å²) >= 11 is 6.07. The molecule has 0 unspecified atom stereocenters. The number of rotatable bonds is 2. The second-order valence-electron chi connectivity index (χ2n) is 6.08. The van der Waals surface area contributed by atoms with Gasteiger partial charge in [0.2, 0.25) is 0 Å². The Balaban J connectivity index is 1.77. The molecule has 2 heterocycles. The minimum atomic E-state index is -0.448. The third kappa shape index (κ3) is 2.57. The quantitative estimate of drug-likeness (QED) is 0.900. The van der Waals surface area contributed by atoms with Crippen LogP contribution >= 0.6 is 11.6 Å². The standard InChI is InChI=1S/C19H16ClN3O2/c1-22-15-11-23(14-9-5-8-13(20)10-14)18(24)16(15)17(21-19(22)25)12-6-3-2-4-7-12/h2-10,17H,11H2,1H3,(H,21,25)/t17-/m0/s1. The van der Waals surface area contributed by atoms with Crippen molar-refractivity contribution in [3.05, 3.63) is 76.5 Å². The lowest BCUT2D eigenvalue weighted by Gasteiger charge is -2.31. The molecule has 5 nitrogen and oxygen atoms in total. The third-order valence-electron chi connectivity index (χ3n) is 4.61. The fourth-order valence-corrected chi connectivity index (χ4v) is 3.50. The fraction of sp³-hybridized carbons (Fsp3) is 0.158. The molecular formula is C19H16ClN3O2. The van der Waals surface area contributed by atoms with Crippen LogP contribution < -0.4 is 10.2 Å². The number of anilines is 1. The number of carbonyl (C=O) groups is 2. The monoisotopic (exact) mass is 353 g/mol. The highest BCUT2D eigenvalue weighted by molar-refractivity contribution is 6.31. The lowest BCUT2D eigenvalue weighted by molar-refractivity contribution is -0.114. The summed E-state index contributed by atoms with van der Waals surface area (Å²) < 4.78 is 0. The van der Waals surface area contributed by atoms with Crippen LogP contribution in [0.4, 0.5) is 10.5 Å². The van der Waals surface area contributed by atoms with Crippen molar-refractivity contribution in [2.45, 2.75) is 6.04 Å². The molecule has 2 aliphatic heterocycles. The molecule has 0 radical (unpaired) electrons. The highest BCUT2D eigenvalue weighted by Crippen LogP contribution is 2.37. The first-order valence-electron chi connectivity index (χ1n) is 7.96. The summed E-state index contributed by atoms with van der Waals surface area (Å²) in [6, 6.07) is 16.0. The van der Waals surface area contributed by atoms with Gasteiger partial charge in [0.15, 0.2) is 0 Å². The lowest BCUT2D eigenvalue weighted by Crippen LogP contribution is -2.45. The summed E-state index contributed by atoms with van der Waals surface area (Å²) in [5, 5.41) is 3.49. The van der Waals surface area contributed by atoms with Gasteiger partial charge < -0.3 is 10.2 Å². The Bertz CT molecular complexity index is 895. The maximum Gasteiger partial charge on any atom is 0.322 e.